The second-order valence-corrected chi connectivity index (χ2v) is 6.18. The molecule has 0 fully saturated rings. The number of fused-ring (bicyclic) bond motifs is 1. The number of rotatable bonds is 3. The average molecular weight is 281 g/mol. The van der Waals surface area contributed by atoms with Gasteiger partial charge in [-0.15, -0.1) is 0 Å². The maximum Gasteiger partial charge on any atom is 0.143 e. The first-order valence-corrected chi connectivity index (χ1v) is 7.72. The van der Waals surface area contributed by atoms with Crippen molar-refractivity contribution in [1.29, 1.82) is 0 Å². The van der Waals surface area contributed by atoms with Crippen molar-refractivity contribution in [2.75, 3.05) is 11.9 Å². The third-order valence-corrected chi connectivity index (χ3v) is 4.08. The summed E-state index contributed by atoms with van der Waals surface area (Å²) in [5.74, 6) is 1.53. The van der Waals surface area contributed by atoms with E-state index in [0.29, 0.717) is 5.92 Å². The average Bonchev–Trinajstić information content (AvgIpc) is 2.47. The quantitative estimate of drug-likeness (QED) is 0.892. The first-order chi connectivity index (χ1) is 10.1. The highest BCUT2D eigenvalue weighted by Crippen LogP contribution is 2.31. The Morgan fingerprint density at radius 3 is 2.81 bits per heavy atom. The molecule has 1 aliphatic heterocycles. The van der Waals surface area contributed by atoms with Crippen molar-refractivity contribution in [3.8, 4) is 5.75 Å². The first-order valence-electron chi connectivity index (χ1n) is 7.72. The van der Waals surface area contributed by atoms with Gasteiger partial charge in [0.2, 0.25) is 0 Å². The van der Waals surface area contributed by atoms with Crippen LogP contribution in [0.15, 0.2) is 42.5 Å². The van der Waals surface area contributed by atoms with Crippen LogP contribution in [0.1, 0.15) is 36.5 Å². The van der Waals surface area contributed by atoms with Gasteiger partial charge in [0.15, 0.2) is 0 Å². The van der Waals surface area contributed by atoms with E-state index in [1.165, 1.54) is 16.7 Å². The zero-order valence-electron chi connectivity index (χ0n) is 13.0. The molecule has 0 amide bonds. The molecule has 2 nitrogen and oxygen atoms in total. The predicted octanol–water partition coefficient (Wildman–Crippen LogP) is 4.53. The van der Waals surface area contributed by atoms with E-state index < -0.39 is 0 Å². The third-order valence-electron chi connectivity index (χ3n) is 4.08. The van der Waals surface area contributed by atoms with Crippen molar-refractivity contribution in [2.45, 2.75) is 39.2 Å². The second kappa shape index (κ2) is 5.80. The predicted molar refractivity (Wildman–Crippen MR) is 88.3 cm³/mol. The molecule has 21 heavy (non-hydrogen) atoms. The van der Waals surface area contributed by atoms with Crippen molar-refractivity contribution < 1.29 is 4.74 Å². The number of anilines is 1. The van der Waals surface area contributed by atoms with Crippen LogP contribution in [0, 0.1) is 6.92 Å². The van der Waals surface area contributed by atoms with Gasteiger partial charge in [0, 0.05) is 6.42 Å². The van der Waals surface area contributed by atoms with Gasteiger partial charge in [0.1, 0.15) is 11.9 Å². The van der Waals surface area contributed by atoms with Gasteiger partial charge in [-0.2, -0.15) is 0 Å². The molecule has 0 aromatic heterocycles. The molecule has 0 saturated heterocycles. The maximum atomic E-state index is 6.19. The van der Waals surface area contributed by atoms with Crippen LogP contribution in [-0.4, -0.2) is 12.6 Å². The van der Waals surface area contributed by atoms with Crippen LogP contribution >= 0.6 is 0 Å². The summed E-state index contributed by atoms with van der Waals surface area (Å²) < 4.78 is 6.19. The van der Waals surface area contributed by atoms with E-state index in [-0.39, 0.29) is 6.10 Å². The molecule has 0 aliphatic carbocycles. The summed E-state index contributed by atoms with van der Waals surface area (Å²) in [6.07, 6.45) is 1.15. The number of benzene rings is 2. The highest BCUT2D eigenvalue weighted by Gasteiger charge is 2.20. The molecule has 0 saturated carbocycles. The first kappa shape index (κ1) is 14.0. The number of aryl methyl sites for hydroxylation is 1. The molecule has 2 aromatic carbocycles. The molecule has 2 aromatic rings. The van der Waals surface area contributed by atoms with Crippen LogP contribution in [0.4, 0.5) is 5.69 Å². The molecule has 2 heteroatoms. The largest absolute Gasteiger partial charge is 0.486 e. The number of hydrogen-bond donors (Lipinski definition) is 1. The number of ether oxygens (including phenoxy) is 1. The van der Waals surface area contributed by atoms with E-state index in [0.717, 1.165) is 24.4 Å². The van der Waals surface area contributed by atoms with Crippen LogP contribution in [0.2, 0.25) is 0 Å². The standard InChI is InChI=1S/C19H23NO/c1-13(2)17-7-5-4-6-15(17)11-16-12-20-18-9-8-14(3)10-19(18)21-16/h4-10,13,16,20H,11-12H2,1-3H3. The summed E-state index contributed by atoms with van der Waals surface area (Å²) in [6.45, 7) is 7.46. The van der Waals surface area contributed by atoms with Gasteiger partial charge in [-0.25, -0.2) is 0 Å². The van der Waals surface area contributed by atoms with Gasteiger partial charge < -0.3 is 10.1 Å². The lowest BCUT2D eigenvalue weighted by molar-refractivity contribution is 0.206. The van der Waals surface area contributed by atoms with Crippen LogP contribution < -0.4 is 10.1 Å². The van der Waals surface area contributed by atoms with E-state index in [1.807, 2.05) is 0 Å². The minimum Gasteiger partial charge on any atom is -0.486 e. The molecule has 1 N–H and O–H groups in total. The molecule has 1 atom stereocenters. The summed E-state index contributed by atoms with van der Waals surface area (Å²) >= 11 is 0. The summed E-state index contributed by atoms with van der Waals surface area (Å²) in [4.78, 5) is 0. The minimum atomic E-state index is 0.194. The second-order valence-electron chi connectivity index (χ2n) is 6.18. The summed E-state index contributed by atoms with van der Waals surface area (Å²) in [5.41, 5.74) is 5.17. The molecule has 1 unspecified atom stereocenters. The van der Waals surface area contributed by atoms with E-state index >= 15 is 0 Å². The molecular formula is C19H23NO. The zero-order chi connectivity index (χ0) is 14.8. The smallest absolute Gasteiger partial charge is 0.143 e. The molecule has 0 bridgehead atoms. The van der Waals surface area contributed by atoms with Gasteiger partial charge in [0.05, 0.1) is 12.2 Å². The Kier molecular flexibility index (Phi) is 3.87. The van der Waals surface area contributed by atoms with Crippen LogP contribution in [0.5, 0.6) is 5.75 Å². The van der Waals surface area contributed by atoms with Gasteiger partial charge in [0.25, 0.3) is 0 Å². The van der Waals surface area contributed by atoms with E-state index in [1.54, 1.807) is 0 Å². The van der Waals surface area contributed by atoms with Crippen molar-refractivity contribution in [3.05, 3.63) is 59.2 Å². The van der Waals surface area contributed by atoms with Gasteiger partial charge in [-0.3, -0.25) is 0 Å². The van der Waals surface area contributed by atoms with Crippen LogP contribution in [0.3, 0.4) is 0 Å². The third kappa shape index (κ3) is 3.05. The fourth-order valence-electron chi connectivity index (χ4n) is 2.96. The van der Waals surface area contributed by atoms with Crippen molar-refractivity contribution in [2.24, 2.45) is 0 Å². The highest BCUT2D eigenvalue weighted by atomic mass is 16.5. The summed E-state index contributed by atoms with van der Waals surface area (Å²) in [5, 5.41) is 3.48. The lowest BCUT2D eigenvalue weighted by Crippen LogP contribution is -2.33. The molecule has 0 radical (unpaired) electrons. The molecule has 1 aliphatic rings. The SMILES string of the molecule is Cc1ccc2c(c1)OC(Cc1ccccc1C(C)C)CN2. The molecule has 3 rings (SSSR count). The minimum absolute atomic E-state index is 0.194. The molecule has 110 valence electrons. The maximum absolute atomic E-state index is 6.19. The summed E-state index contributed by atoms with van der Waals surface area (Å²) in [6, 6.07) is 15.0. The molecular weight excluding hydrogens is 258 g/mol. The van der Waals surface area contributed by atoms with Crippen LogP contribution in [-0.2, 0) is 6.42 Å². The summed E-state index contributed by atoms with van der Waals surface area (Å²) in [7, 11) is 0. The Labute approximate surface area is 127 Å². The zero-order valence-corrected chi connectivity index (χ0v) is 13.0. The topological polar surface area (TPSA) is 21.3 Å². The molecule has 1 heterocycles. The monoisotopic (exact) mass is 281 g/mol. The van der Waals surface area contributed by atoms with Crippen molar-refractivity contribution in [3.63, 3.8) is 0 Å². The van der Waals surface area contributed by atoms with E-state index in [4.69, 9.17) is 4.74 Å². The Morgan fingerprint density at radius 1 is 1.19 bits per heavy atom. The Bertz CT molecular complexity index is 633. The Morgan fingerprint density at radius 2 is 2.00 bits per heavy atom. The Hall–Kier alpha value is -1.96. The van der Waals surface area contributed by atoms with Crippen molar-refractivity contribution in [1.82, 2.24) is 0 Å². The number of hydrogen-bond acceptors (Lipinski definition) is 2. The fraction of sp³-hybridized carbons (Fsp3) is 0.368. The van der Waals surface area contributed by atoms with Gasteiger partial charge in [-0.1, -0.05) is 44.2 Å². The Balaban J connectivity index is 1.78. The van der Waals surface area contributed by atoms with Crippen molar-refractivity contribution >= 4 is 5.69 Å². The highest BCUT2D eigenvalue weighted by molar-refractivity contribution is 5.59. The van der Waals surface area contributed by atoms with Gasteiger partial charge >= 0.3 is 0 Å². The van der Waals surface area contributed by atoms with E-state index in [9.17, 15) is 0 Å². The normalized spacial score (nSPS) is 17.0. The fourth-order valence-corrected chi connectivity index (χ4v) is 2.96. The van der Waals surface area contributed by atoms with Gasteiger partial charge in [-0.05, 0) is 41.7 Å². The molecule has 0 spiro atoms. The lowest BCUT2D eigenvalue weighted by atomic mass is 9.93. The van der Waals surface area contributed by atoms with E-state index in [2.05, 4.69) is 68.6 Å². The number of nitrogens with one attached hydrogen (secondary N) is 1. The van der Waals surface area contributed by atoms with Crippen LogP contribution in [0.25, 0.3) is 0 Å². The lowest BCUT2D eigenvalue weighted by Gasteiger charge is -2.28.